The van der Waals surface area contributed by atoms with Gasteiger partial charge in [0, 0.05) is 12.6 Å². The molecule has 0 radical (unpaired) electrons. The molecule has 2 heterocycles. The number of aromatic nitrogens is 3. The molecule has 1 atom stereocenters. The minimum Gasteiger partial charge on any atom is -0.367 e. The van der Waals surface area contributed by atoms with Crippen molar-refractivity contribution in [1.82, 2.24) is 15.0 Å². The van der Waals surface area contributed by atoms with Crippen LogP contribution < -0.4 is 11.1 Å². The number of anilines is 1. The van der Waals surface area contributed by atoms with Gasteiger partial charge in [-0.1, -0.05) is 0 Å². The first-order valence-corrected chi connectivity index (χ1v) is 5.19. The van der Waals surface area contributed by atoms with E-state index in [1.165, 1.54) is 17.7 Å². The van der Waals surface area contributed by atoms with Crippen LogP contribution in [0.3, 0.4) is 0 Å². The highest BCUT2D eigenvalue weighted by Crippen LogP contribution is 2.21. The Labute approximate surface area is 85.4 Å². The van der Waals surface area contributed by atoms with Crippen molar-refractivity contribution in [2.45, 2.75) is 13.0 Å². The van der Waals surface area contributed by atoms with Gasteiger partial charge in [0.25, 0.3) is 0 Å². The average Bonchev–Trinajstić information content (AvgIpc) is 2.62. The Balaban J connectivity index is 2.27. The van der Waals surface area contributed by atoms with Crippen molar-refractivity contribution in [3.05, 3.63) is 11.8 Å². The molecule has 2 rings (SSSR count). The van der Waals surface area contributed by atoms with E-state index in [9.17, 15) is 0 Å². The van der Waals surface area contributed by atoms with E-state index in [1.807, 2.05) is 6.92 Å². The fourth-order valence-corrected chi connectivity index (χ4v) is 1.78. The predicted molar refractivity (Wildman–Crippen MR) is 57.3 cm³/mol. The zero-order chi connectivity index (χ0) is 9.97. The largest absolute Gasteiger partial charge is 0.367 e. The SMILES string of the molecule is CC(N)CNc1ncnc2ncsc12. The van der Waals surface area contributed by atoms with Gasteiger partial charge < -0.3 is 11.1 Å². The van der Waals surface area contributed by atoms with Crippen molar-refractivity contribution in [1.29, 1.82) is 0 Å². The molecule has 14 heavy (non-hydrogen) atoms. The summed E-state index contributed by atoms with van der Waals surface area (Å²) in [6, 6.07) is 0.105. The van der Waals surface area contributed by atoms with Crippen molar-refractivity contribution in [2.24, 2.45) is 5.73 Å². The number of hydrogen-bond donors (Lipinski definition) is 2. The van der Waals surface area contributed by atoms with Crippen LogP contribution in [0.4, 0.5) is 5.82 Å². The van der Waals surface area contributed by atoms with E-state index >= 15 is 0 Å². The third-order valence-corrected chi connectivity index (χ3v) is 2.54. The van der Waals surface area contributed by atoms with E-state index in [0.717, 1.165) is 16.2 Å². The Morgan fingerprint density at radius 1 is 1.50 bits per heavy atom. The maximum absolute atomic E-state index is 5.64. The second-order valence-electron chi connectivity index (χ2n) is 3.09. The molecular weight excluding hydrogens is 198 g/mol. The summed E-state index contributed by atoms with van der Waals surface area (Å²) in [5.41, 5.74) is 8.14. The first kappa shape index (κ1) is 9.29. The van der Waals surface area contributed by atoms with Gasteiger partial charge in [-0.15, -0.1) is 11.3 Å². The van der Waals surface area contributed by atoms with Crippen LogP contribution in [0.1, 0.15) is 6.92 Å². The third kappa shape index (κ3) is 1.80. The lowest BCUT2D eigenvalue weighted by atomic mass is 10.3. The smallest absolute Gasteiger partial charge is 0.175 e. The Bertz CT molecular complexity index is 424. The maximum Gasteiger partial charge on any atom is 0.175 e. The van der Waals surface area contributed by atoms with Crippen molar-refractivity contribution >= 4 is 27.5 Å². The fourth-order valence-electron chi connectivity index (χ4n) is 1.08. The van der Waals surface area contributed by atoms with E-state index in [1.54, 1.807) is 5.51 Å². The number of hydrogen-bond acceptors (Lipinski definition) is 6. The molecule has 2 aromatic heterocycles. The molecule has 0 spiro atoms. The minimum atomic E-state index is 0.105. The highest BCUT2D eigenvalue weighted by atomic mass is 32.1. The van der Waals surface area contributed by atoms with Gasteiger partial charge in [-0.25, -0.2) is 15.0 Å². The molecule has 0 aromatic carbocycles. The summed E-state index contributed by atoms with van der Waals surface area (Å²) in [7, 11) is 0. The monoisotopic (exact) mass is 209 g/mol. The van der Waals surface area contributed by atoms with Crippen LogP contribution in [-0.4, -0.2) is 27.5 Å². The molecule has 2 aromatic rings. The maximum atomic E-state index is 5.64. The van der Waals surface area contributed by atoms with Gasteiger partial charge >= 0.3 is 0 Å². The molecule has 0 fully saturated rings. The summed E-state index contributed by atoms with van der Waals surface area (Å²) in [5.74, 6) is 0.815. The van der Waals surface area contributed by atoms with Crippen molar-refractivity contribution in [3.8, 4) is 0 Å². The summed E-state index contributed by atoms with van der Waals surface area (Å²) in [5, 5.41) is 3.17. The number of rotatable bonds is 3. The Morgan fingerprint density at radius 2 is 2.36 bits per heavy atom. The second-order valence-corrected chi connectivity index (χ2v) is 3.94. The molecule has 0 aliphatic carbocycles. The molecule has 1 unspecified atom stereocenters. The summed E-state index contributed by atoms with van der Waals surface area (Å²) < 4.78 is 0.980. The summed E-state index contributed by atoms with van der Waals surface area (Å²) in [6.07, 6.45) is 1.51. The van der Waals surface area contributed by atoms with Gasteiger partial charge in [0.2, 0.25) is 0 Å². The molecule has 74 valence electrons. The van der Waals surface area contributed by atoms with Crippen molar-refractivity contribution in [3.63, 3.8) is 0 Å². The molecule has 0 aliphatic heterocycles. The summed E-state index contributed by atoms with van der Waals surface area (Å²) >= 11 is 1.53. The molecule has 0 saturated carbocycles. The zero-order valence-corrected chi connectivity index (χ0v) is 8.58. The lowest BCUT2D eigenvalue weighted by Gasteiger charge is -2.07. The van der Waals surface area contributed by atoms with Crippen molar-refractivity contribution < 1.29 is 0 Å². The van der Waals surface area contributed by atoms with E-state index in [2.05, 4.69) is 20.3 Å². The lowest BCUT2D eigenvalue weighted by Crippen LogP contribution is -2.25. The van der Waals surface area contributed by atoms with Gasteiger partial charge in [0.1, 0.15) is 16.8 Å². The average molecular weight is 209 g/mol. The van der Waals surface area contributed by atoms with E-state index < -0.39 is 0 Å². The fraction of sp³-hybridized carbons (Fsp3) is 0.375. The molecule has 0 saturated heterocycles. The molecule has 0 bridgehead atoms. The van der Waals surface area contributed by atoms with Gasteiger partial charge in [0.15, 0.2) is 5.65 Å². The minimum absolute atomic E-state index is 0.105. The van der Waals surface area contributed by atoms with Gasteiger partial charge in [-0.2, -0.15) is 0 Å². The number of nitrogens with one attached hydrogen (secondary N) is 1. The molecule has 6 heteroatoms. The first-order chi connectivity index (χ1) is 6.77. The normalized spacial score (nSPS) is 13.0. The van der Waals surface area contributed by atoms with Crippen LogP contribution in [-0.2, 0) is 0 Å². The Kier molecular flexibility index (Phi) is 2.55. The van der Waals surface area contributed by atoms with E-state index in [4.69, 9.17) is 5.73 Å². The number of thiazole rings is 1. The Hall–Kier alpha value is -1.27. The van der Waals surface area contributed by atoms with Crippen LogP contribution in [0, 0.1) is 0 Å². The van der Waals surface area contributed by atoms with Crippen LogP contribution in [0.25, 0.3) is 10.3 Å². The van der Waals surface area contributed by atoms with Gasteiger partial charge in [0.05, 0.1) is 5.51 Å². The van der Waals surface area contributed by atoms with Crippen LogP contribution in [0.15, 0.2) is 11.8 Å². The molecule has 0 aliphatic rings. The predicted octanol–water partition coefficient (Wildman–Crippen LogP) is 0.845. The Morgan fingerprint density at radius 3 is 3.14 bits per heavy atom. The molecule has 3 N–H and O–H groups in total. The van der Waals surface area contributed by atoms with Crippen LogP contribution >= 0.6 is 11.3 Å². The standard InChI is InChI=1S/C8H11N5S/c1-5(9)2-10-7-6-8(12-3-11-7)13-4-14-6/h3-5H,2,9H2,1H3,(H,10,11,12). The number of nitrogens with two attached hydrogens (primary N) is 1. The van der Waals surface area contributed by atoms with Gasteiger partial charge in [-0.05, 0) is 6.92 Å². The molecular formula is C8H11N5S. The van der Waals surface area contributed by atoms with Crippen LogP contribution in [0.2, 0.25) is 0 Å². The first-order valence-electron chi connectivity index (χ1n) is 4.31. The topological polar surface area (TPSA) is 76.7 Å². The summed E-state index contributed by atoms with van der Waals surface area (Å²) in [6.45, 7) is 2.64. The molecule has 5 nitrogen and oxygen atoms in total. The second kappa shape index (κ2) is 3.85. The van der Waals surface area contributed by atoms with Crippen molar-refractivity contribution in [2.75, 3.05) is 11.9 Å². The third-order valence-electron chi connectivity index (χ3n) is 1.72. The molecule has 0 amide bonds. The summed E-state index contributed by atoms with van der Waals surface area (Å²) in [4.78, 5) is 12.3. The van der Waals surface area contributed by atoms with Crippen LogP contribution in [0.5, 0.6) is 0 Å². The number of fused-ring (bicyclic) bond motifs is 1. The number of nitrogens with zero attached hydrogens (tertiary/aromatic N) is 3. The van der Waals surface area contributed by atoms with Gasteiger partial charge in [-0.3, -0.25) is 0 Å². The van der Waals surface area contributed by atoms with E-state index in [0.29, 0.717) is 6.54 Å². The quantitative estimate of drug-likeness (QED) is 0.783. The lowest BCUT2D eigenvalue weighted by molar-refractivity contribution is 0.778. The highest BCUT2D eigenvalue weighted by Gasteiger charge is 2.05. The van der Waals surface area contributed by atoms with E-state index in [-0.39, 0.29) is 6.04 Å². The highest BCUT2D eigenvalue weighted by molar-refractivity contribution is 7.17. The zero-order valence-electron chi connectivity index (χ0n) is 7.77.